The number of aryl methyl sites for hydroxylation is 1. The van der Waals surface area contributed by atoms with Crippen molar-refractivity contribution in [1.29, 1.82) is 0 Å². The maximum absolute atomic E-state index is 12.5. The Morgan fingerprint density at radius 1 is 1.45 bits per heavy atom. The monoisotopic (exact) mass is 291 g/mol. The molecule has 3 heteroatoms. The minimum Gasteiger partial charge on any atom is -0.353 e. The van der Waals surface area contributed by atoms with Gasteiger partial charge in [0.15, 0.2) is 0 Å². The number of carbonyl (C=O) groups excluding carboxylic acids is 1. The second-order valence-corrected chi connectivity index (χ2v) is 6.42. The highest BCUT2D eigenvalue weighted by Crippen LogP contribution is 2.59. The van der Waals surface area contributed by atoms with Gasteiger partial charge in [-0.15, -0.1) is 11.6 Å². The van der Waals surface area contributed by atoms with E-state index in [0.717, 1.165) is 25.7 Å². The van der Waals surface area contributed by atoms with E-state index >= 15 is 0 Å². The van der Waals surface area contributed by atoms with Crippen molar-refractivity contribution in [2.45, 2.75) is 44.6 Å². The molecule has 0 radical (unpaired) electrons. The van der Waals surface area contributed by atoms with Crippen molar-refractivity contribution in [2.75, 3.05) is 5.88 Å². The van der Waals surface area contributed by atoms with Gasteiger partial charge in [-0.2, -0.15) is 0 Å². The van der Waals surface area contributed by atoms with E-state index in [4.69, 9.17) is 11.6 Å². The maximum atomic E-state index is 12.5. The highest BCUT2D eigenvalue weighted by Gasteiger charge is 2.56. The molecule has 1 fully saturated rings. The van der Waals surface area contributed by atoms with Crippen molar-refractivity contribution in [1.82, 2.24) is 5.32 Å². The molecule has 2 nitrogen and oxygen atoms in total. The Balaban J connectivity index is 1.68. The first-order chi connectivity index (χ1) is 9.76. The van der Waals surface area contributed by atoms with E-state index in [1.807, 2.05) is 0 Å². The number of alkyl halides is 1. The minimum absolute atomic E-state index is 0.197. The normalized spacial score (nSPS) is 28.2. The molecule has 0 aromatic heterocycles. The van der Waals surface area contributed by atoms with Crippen molar-refractivity contribution < 1.29 is 4.79 Å². The lowest BCUT2D eigenvalue weighted by molar-refractivity contribution is -0.123. The average molecular weight is 292 g/mol. The van der Waals surface area contributed by atoms with E-state index in [0.29, 0.717) is 17.7 Å². The summed E-state index contributed by atoms with van der Waals surface area (Å²) in [6, 6.07) is 8.84. The zero-order valence-corrected chi connectivity index (χ0v) is 12.7. The van der Waals surface area contributed by atoms with Crippen LogP contribution in [-0.2, 0) is 11.2 Å². The molecule has 20 heavy (non-hydrogen) atoms. The molecule has 1 aromatic rings. The summed E-state index contributed by atoms with van der Waals surface area (Å²) in [5.74, 6) is 2.09. The molecule has 2 aliphatic carbocycles. The van der Waals surface area contributed by atoms with Gasteiger partial charge in [-0.3, -0.25) is 4.79 Å². The van der Waals surface area contributed by atoms with E-state index < -0.39 is 0 Å². The Hall–Kier alpha value is -1.02. The topological polar surface area (TPSA) is 29.1 Å². The Morgan fingerprint density at radius 3 is 3.00 bits per heavy atom. The highest BCUT2D eigenvalue weighted by molar-refractivity contribution is 6.17. The van der Waals surface area contributed by atoms with Gasteiger partial charge >= 0.3 is 0 Å². The molecule has 3 rings (SSSR count). The summed E-state index contributed by atoms with van der Waals surface area (Å²) >= 11 is 5.79. The fourth-order valence-electron chi connectivity index (χ4n) is 3.73. The summed E-state index contributed by atoms with van der Waals surface area (Å²) in [6.45, 7) is 2.10. The third-order valence-corrected chi connectivity index (χ3v) is 5.15. The Labute approximate surface area is 125 Å². The molecule has 0 saturated heterocycles. The lowest BCUT2D eigenvalue weighted by Crippen LogP contribution is -2.36. The first-order valence-electron chi connectivity index (χ1n) is 7.70. The van der Waals surface area contributed by atoms with E-state index in [2.05, 4.69) is 36.5 Å². The van der Waals surface area contributed by atoms with Gasteiger partial charge in [-0.25, -0.2) is 0 Å². The van der Waals surface area contributed by atoms with Crippen LogP contribution in [0, 0.1) is 11.8 Å². The van der Waals surface area contributed by atoms with Gasteiger partial charge in [0.2, 0.25) is 5.91 Å². The van der Waals surface area contributed by atoms with Crippen molar-refractivity contribution in [3.63, 3.8) is 0 Å². The largest absolute Gasteiger partial charge is 0.353 e. The van der Waals surface area contributed by atoms with E-state index in [-0.39, 0.29) is 17.9 Å². The second-order valence-electron chi connectivity index (χ2n) is 6.04. The molecule has 0 spiro atoms. The van der Waals surface area contributed by atoms with Gasteiger partial charge in [0.1, 0.15) is 0 Å². The maximum Gasteiger partial charge on any atom is 0.224 e. The third kappa shape index (κ3) is 2.46. The Bertz CT molecular complexity index is 502. The summed E-state index contributed by atoms with van der Waals surface area (Å²) in [7, 11) is 0. The molecule has 0 heterocycles. The SMILES string of the molecule is CCC(CCCl)NC(=O)C1C2CCc3ccccc3C21. The van der Waals surface area contributed by atoms with E-state index in [1.54, 1.807) is 0 Å². The molecule has 1 aromatic carbocycles. The highest BCUT2D eigenvalue weighted by atomic mass is 35.5. The summed E-state index contributed by atoms with van der Waals surface area (Å²) in [5, 5.41) is 3.19. The van der Waals surface area contributed by atoms with Crippen molar-refractivity contribution >= 4 is 17.5 Å². The first kappa shape index (κ1) is 13.9. The number of halogens is 1. The van der Waals surface area contributed by atoms with Crippen molar-refractivity contribution in [3.8, 4) is 0 Å². The van der Waals surface area contributed by atoms with Crippen LogP contribution in [0.4, 0.5) is 0 Å². The molecule has 1 N–H and O–H groups in total. The summed E-state index contributed by atoms with van der Waals surface area (Å²) in [5.41, 5.74) is 2.85. The first-order valence-corrected chi connectivity index (χ1v) is 8.23. The Kier molecular flexibility index (Phi) is 4.02. The number of benzene rings is 1. The fourth-order valence-corrected chi connectivity index (χ4v) is 3.99. The molecule has 108 valence electrons. The third-order valence-electron chi connectivity index (χ3n) is 4.93. The molecular formula is C17H22ClNO. The van der Waals surface area contributed by atoms with Gasteiger partial charge < -0.3 is 5.32 Å². The summed E-state index contributed by atoms with van der Waals surface area (Å²) < 4.78 is 0. The zero-order valence-electron chi connectivity index (χ0n) is 11.9. The molecule has 2 aliphatic rings. The predicted octanol–water partition coefficient (Wildman–Crippen LogP) is 3.49. The zero-order chi connectivity index (χ0) is 14.1. The number of hydrogen-bond acceptors (Lipinski definition) is 1. The minimum atomic E-state index is 0.197. The quantitative estimate of drug-likeness (QED) is 0.827. The van der Waals surface area contributed by atoms with E-state index in [1.165, 1.54) is 11.1 Å². The van der Waals surface area contributed by atoms with Crippen LogP contribution in [0.1, 0.15) is 43.2 Å². The number of hydrogen-bond donors (Lipinski definition) is 1. The van der Waals surface area contributed by atoms with Crippen LogP contribution in [-0.4, -0.2) is 17.8 Å². The van der Waals surface area contributed by atoms with Crippen molar-refractivity contribution in [3.05, 3.63) is 35.4 Å². The second kappa shape index (κ2) is 5.77. The fraction of sp³-hybridized carbons (Fsp3) is 0.588. The number of rotatable bonds is 5. The van der Waals surface area contributed by atoms with Crippen LogP contribution in [0.2, 0.25) is 0 Å². The predicted molar refractivity (Wildman–Crippen MR) is 82.0 cm³/mol. The molecule has 4 atom stereocenters. The van der Waals surface area contributed by atoms with Crippen molar-refractivity contribution in [2.24, 2.45) is 11.8 Å². The van der Waals surface area contributed by atoms with Crippen LogP contribution in [0.15, 0.2) is 24.3 Å². The van der Waals surface area contributed by atoms with Crippen LogP contribution in [0.5, 0.6) is 0 Å². The standard InChI is InChI=1S/C17H22ClNO/c1-2-12(9-10-18)19-17(20)16-14-8-7-11-5-3-4-6-13(11)15(14)16/h3-6,12,14-16H,2,7-10H2,1H3,(H,19,20). The lowest BCUT2D eigenvalue weighted by Gasteiger charge is -2.15. The Morgan fingerprint density at radius 2 is 2.25 bits per heavy atom. The van der Waals surface area contributed by atoms with E-state index in [9.17, 15) is 4.79 Å². The lowest BCUT2D eigenvalue weighted by atomic mass is 9.92. The molecule has 0 aliphatic heterocycles. The molecule has 0 bridgehead atoms. The van der Waals surface area contributed by atoms with Crippen LogP contribution < -0.4 is 5.32 Å². The van der Waals surface area contributed by atoms with Crippen LogP contribution in [0.3, 0.4) is 0 Å². The van der Waals surface area contributed by atoms with Crippen LogP contribution >= 0.6 is 11.6 Å². The number of carbonyl (C=O) groups is 1. The van der Waals surface area contributed by atoms with Gasteiger partial charge in [-0.05, 0) is 48.6 Å². The molecular weight excluding hydrogens is 270 g/mol. The number of fused-ring (bicyclic) bond motifs is 3. The molecule has 4 unspecified atom stereocenters. The summed E-state index contributed by atoms with van der Waals surface area (Å²) in [4.78, 5) is 12.5. The molecule has 1 amide bonds. The van der Waals surface area contributed by atoms with Crippen LogP contribution in [0.25, 0.3) is 0 Å². The number of amides is 1. The number of nitrogens with one attached hydrogen (secondary N) is 1. The van der Waals surface area contributed by atoms with Gasteiger partial charge in [0.05, 0.1) is 0 Å². The van der Waals surface area contributed by atoms with Gasteiger partial charge in [0.25, 0.3) is 0 Å². The van der Waals surface area contributed by atoms with Gasteiger partial charge in [0, 0.05) is 17.8 Å². The average Bonchev–Trinajstić information content (AvgIpc) is 3.21. The van der Waals surface area contributed by atoms with Gasteiger partial charge in [-0.1, -0.05) is 31.2 Å². The smallest absolute Gasteiger partial charge is 0.224 e. The molecule has 1 saturated carbocycles. The summed E-state index contributed by atoms with van der Waals surface area (Å²) in [6.07, 6.45) is 4.10.